The SMILES string of the molecule is C[C@H](NC(=O)OC(C)(C)C)C(=O)N(Cc1ccc(F)cc1)C1(C(=O)NCc2ccccc2)CCN(Cc2ccccc2)CC1. The van der Waals surface area contributed by atoms with Crippen molar-refractivity contribution in [1.29, 1.82) is 0 Å². The number of alkyl carbamates (subject to hydrolysis) is 1. The van der Waals surface area contributed by atoms with Crippen LogP contribution in [0.1, 0.15) is 57.2 Å². The molecule has 0 aliphatic carbocycles. The molecule has 2 N–H and O–H groups in total. The summed E-state index contributed by atoms with van der Waals surface area (Å²) in [5, 5.41) is 5.74. The molecule has 1 atom stereocenters. The number of carbonyl (C=O) groups is 3. The highest BCUT2D eigenvalue weighted by atomic mass is 19.1. The third kappa shape index (κ3) is 8.89. The molecule has 1 heterocycles. The Bertz CT molecular complexity index is 1390. The minimum absolute atomic E-state index is 0.0664. The van der Waals surface area contributed by atoms with Gasteiger partial charge in [0.05, 0.1) is 0 Å². The van der Waals surface area contributed by atoms with Gasteiger partial charge in [0.2, 0.25) is 11.8 Å². The predicted molar refractivity (Wildman–Crippen MR) is 168 cm³/mol. The average molecular weight is 603 g/mol. The number of halogens is 1. The van der Waals surface area contributed by atoms with Gasteiger partial charge in [-0.3, -0.25) is 14.5 Å². The first kappa shape index (κ1) is 32.7. The van der Waals surface area contributed by atoms with E-state index >= 15 is 0 Å². The molecule has 0 unspecified atom stereocenters. The smallest absolute Gasteiger partial charge is 0.408 e. The highest BCUT2D eigenvalue weighted by molar-refractivity contribution is 5.94. The van der Waals surface area contributed by atoms with Gasteiger partial charge in [-0.2, -0.15) is 0 Å². The van der Waals surface area contributed by atoms with E-state index in [2.05, 4.69) is 27.7 Å². The number of carbonyl (C=O) groups excluding carboxylic acids is 3. The molecule has 234 valence electrons. The van der Waals surface area contributed by atoms with Crippen molar-refractivity contribution in [3.8, 4) is 0 Å². The second-order valence-electron chi connectivity index (χ2n) is 12.4. The van der Waals surface area contributed by atoms with Crippen LogP contribution in [0.4, 0.5) is 9.18 Å². The van der Waals surface area contributed by atoms with Crippen LogP contribution in [0.2, 0.25) is 0 Å². The van der Waals surface area contributed by atoms with Crippen LogP contribution < -0.4 is 10.6 Å². The van der Waals surface area contributed by atoms with E-state index in [1.54, 1.807) is 44.7 Å². The topological polar surface area (TPSA) is 91.0 Å². The lowest BCUT2D eigenvalue weighted by Crippen LogP contribution is -2.66. The number of ether oxygens (including phenoxy) is 1. The maximum atomic E-state index is 14.3. The third-order valence-electron chi connectivity index (χ3n) is 7.79. The van der Waals surface area contributed by atoms with Gasteiger partial charge in [-0.05, 0) is 69.4 Å². The van der Waals surface area contributed by atoms with Crippen molar-refractivity contribution in [1.82, 2.24) is 20.4 Å². The van der Waals surface area contributed by atoms with Gasteiger partial charge in [0.15, 0.2) is 0 Å². The molecule has 3 aromatic carbocycles. The van der Waals surface area contributed by atoms with Crippen molar-refractivity contribution in [2.24, 2.45) is 0 Å². The molecule has 44 heavy (non-hydrogen) atoms. The summed E-state index contributed by atoms with van der Waals surface area (Å²) in [6.07, 6.45) is 0.0411. The van der Waals surface area contributed by atoms with Crippen LogP contribution in [0.3, 0.4) is 0 Å². The van der Waals surface area contributed by atoms with E-state index in [4.69, 9.17) is 4.74 Å². The van der Waals surface area contributed by atoms with Crippen LogP contribution >= 0.6 is 0 Å². The van der Waals surface area contributed by atoms with Gasteiger partial charge in [0.25, 0.3) is 0 Å². The highest BCUT2D eigenvalue weighted by Gasteiger charge is 2.49. The number of rotatable bonds is 10. The lowest BCUT2D eigenvalue weighted by molar-refractivity contribution is -0.154. The number of nitrogens with zero attached hydrogens (tertiary/aromatic N) is 2. The van der Waals surface area contributed by atoms with Crippen LogP contribution in [-0.2, 0) is 34.0 Å². The molecule has 0 radical (unpaired) electrons. The van der Waals surface area contributed by atoms with E-state index in [0.29, 0.717) is 38.0 Å². The summed E-state index contributed by atoms with van der Waals surface area (Å²) in [5.74, 6) is -1.08. The second kappa shape index (κ2) is 14.5. The Labute approximate surface area is 259 Å². The first-order chi connectivity index (χ1) is 20.9. The van der Waals surface area contributed by atoms with Gasteiger partial charge in [0.1, 0.15) is 23.0 Å². The monoisotopic (exact) mass is 602 g/mol. The number of hydrogen-bond donors (Lipinski definition) is 2. The van der Waals surface area contributed by atoms with Crippen molar-refractivity contribution in [2.45, 2.75) is 77.4 Å². The molecule has 0 spiro atoms. The first-order valence-electron chi connectivity index (χ1n) is 15.1. The van der Waals surface area contributed by atoms with E-state index in [9.17, 15) is 18.8 Å². The quantitative estimate of drug-likeness (QED) is 0.324. The minimum Gasteiger partial charge on any atom is -0.444 e. The molecule has 9 heteroatoms. The molecule has 4 rings (SSSR count). The van der Waals surface area contributed by atoms with E-state index < -0.39 is 35.0 Å². The Morgan fingerprint density at radius 1 is 0.886 bits per heavy atom. The number of benzene rings is 3. The molecule has 0 saturated carbocycles. The van der Waals surface area contributed by atoms with Gasteiger partial charge in [-0.15, -0.1) is 0 Å². The molecule has 1 aliphatic heterocycles. The van der Waals surface area contributed by atoms with E-state index in [0.717, 1.165) is 12.1 Å². The molecule has 0 bridgehead atoms. The van der Waals surface area contributed by atoms with E-state index in [-0.39, 0.29) is 12.5 Å². The van der Waals surface area contributed by atoms with Crippen molar-refractivity contribution in [2.75, 3.05) is 13.1 Å². The van der Waals surface area contributed by atoms with Gasteiger partial charge in [-0.1, -0.05) is 72.8 Å². The van der Waals surface area contributed by atoms with Gasteiger partial charge in [0, 0.05) is 32.7 Å². The number of likely N-dealkylation sites (tertiary alicyclic amines) is 1. The van der Waals surface area contributed by atoms with Crippen LogP contribution in [0.15, 0.2) is 84.9 Å². The number of amides is 3. The molecule has 8 nitrogen and oxygen atoms in total. The Kier molecular flexibility index (Phi) is 10.8. The molecule has 0 aromatic heterocycles. The normalized spacial score (nSPS) is 15.6. The third-order valence-corrected chi connectivity index (χ3v) is 7.79. The predicted octanol–water partition coefficient (Wildman–Crippen LogP) is 5.42. The standard InChI is InChI=1S/C35H43FN4O4/c1-26(38-33(43)44-34(2,3)4)31(41)40(25-29-15-17-30(36)18-16-29)35(32(42)37-23-27-11-7-5-8-12-27)19-21-39(22-20-35)24-28-13-9-6-10-14-28/h5-18,26H,19-25H2,1-4H3,(H,37,42)(H,38,43)/t26-/m0/s1. The summed E-state index contributed by atoms with van der Waals surface area (Å²) in [6, 6.07) is 24.7. The van der Waals surface area contributed by atoms with E-state index in [1.165, 1.54) is 17.7 Å². The molecule has 1 saturated heterocycles. The maximum Gasteiger partial charge on any atom is 0.408 e. The zero-order chi connectivity index (χ0) is 31.7. The minimum atomic E-state index is -1.21. The molecule has 3 amide bonds. The zero-order valence-corrected chi connectivity index (χ0v) is 26.0. The number of piperidine rings is 1. The van der Waals surface area contributed by atoms with Crippen molar-refractivity contribution >= 4 is 17.9 Å². The van der Waals surface area contributed by atoms with E-state index in [1.807, 2.05) is 48.5 Å². The van der Waals surface area contributed by atoms with Crippen molar-refractivity contribution in [3.05, 3.63) is 107 Å². The van der Waals surface area contributed by atoms with Gasteiger partial charge < -0.3 is 20.3 Å². The Morgan fingerprint density at radius 3 is 2.02 bits per heavy atom. The van der Waals surface area contributed by atoms with Gasteiger partial charge >= 0.3 is 6.09 Å². The summed E-state index contributed by atoms with van der Waals surface area (Å²) in [7, 11) is 0. The highest BCUT2D eigenvalue weighted by Crippen LogP contribution is 2.33. The average Bonchev–Trinajstić information content (AvgIpc) is 3.00. The number of hydrogen-bond acceptors (Lipinski definition) is 5. The fourth-order valence-corrected chi connectivity index (χ4v) is 5.48. The molecule has 1 fully saturated rings. The lowest BCUT2D eigenvalue weighted by Gasteiger charge is -2.48. The molecular formula is C35H43FN4O4. The van der Waals surface area contributed by atoms with Crippen LogP contribution in [0.5, 0.6) is 0 Å². The largest absolute Gasteiger partial charge is 0.444 e. The summed E-state index contributed by atoms with van der Waals surface area (Å²) < 4.78 is 19.2. The molecule has 1 aliphatic rings. The zero-order valence-electron chi connectivity index (χ0n) is 26.0. The van der Waals surface area contributed by atoms with Gasteiger partial charge in [-0.25, -0.2) is 9.18 Å². The summed E-state index contributed by atoms with van der Waals surface area (Å²) in [4.78, 5) is 45.0. The summed E-state index contributed by atoms with van der Waals surface area (Å²) in [6.45, 7) is 9.08. The molecular weight excluding hydrogens is 559 g/mol. The Morgan fingerprint density at radius 2 is 1.45 bits per heavy atom. The fraction of sp³-hybridized carbons (Fsp3) is 0.400. The van der Waals surface area contributed by atoms with Crippen LogP contribution in [0.25, 0.3) is 0 Å². The van der Waals surface area contributed by atoms with Crippen molar-refractivity contribution in [3.63, 3.8) is 0 Å². The lowest BCUT2D eigenvalue weighted by atomic mass is 9.83. The summed E-state index contributed by atoms with van der Waals surface area (Å²) in [5.41, 5.74) is 0.824. The number of nitrogens with one attached hydrogen (secondary N) is 2. The van der Waals surface area contributed by atoms with Crippen LogP contribution in [-0.4, -0.2) is 58.0 Å². The Balaban J connectivity index is 1.65. The van der Waals surface area contributed by atoms with Crippen LogP contribution in [0, 0.1) is 5.82 Å². The summed E-state index contributed by atoms with van der Waals surface area (Å²) >= 11 is 0. The second-order valence-corrected chi connectivity index (χ2v) is 12.4. The maximum absolute atomic E-state index is 14.3. The fourth-order valence-electron chi connectivity index (χ4n) is 5.48. The first-order valence-corrected chi connectivity index (χ1v) is 15.1. The van der Waals surface area contributed by atoms with Crippen molar-refractivity contribution < 1.29 is 23.5 Å². The molecule has 3 aromatic rings. The Hall–Kier alpha value is -4.24.